The number of nitrogens with zero attached hydrogens (tertiary/aromatic N) is 4. The molecule has 2 amide bonds. The molecule has 0 unspecified atom stereocenters. The van der Waals surface area contributed by atoms with Gasteiger partial charge in [-0.05, 0) is 31.1 Å². The summed E-state index contributed by atoms with van der Waals surface area (Å²) in [5.74, 6) is 0.297. The quantitative estimate of drug-likeness (QED) is 0.419. The SMILES string of the molecule is CN/C(=C\c1cnn2c(NC3CC3)cc(-c3cccnc3)nc12)C(=O)NC=O. The number of hydrogen-bond donors (Lipinski definition) is 3. The van der Waals surface area contributed by atoms with Gasteiger partial charge in [-0.1, -0.05) is 0 Å². The van der Waals surface area contributed by atoms with Gasteiger partial charge in [0.05, 0.1) is 11.9 Å². The van der Waals surface area contributed by atoms with E-state index in [1.165, 1.54) is 0 Å². The molecule has 0 aromatic carbocycles. The number of carbonyl (C=O) groups is 2. The van der Waals surface area contributed by atoms with E-state index in [1.807, 2.05) is 18.2 Å². The summed E-state index contributed by atoms with van der Waals surface area (Å²) < 4.78 is 1.72. The maximum Gasteiger partial charge on any atom is 0.273 e. The number of hydrogen-bond acceptors (Lipinski definition) is 7. The van der Waals surface area contributed by atoms with Crippen molar-refractivity contribution in [3.63, 3.8) is 0 Å². The Hall–Kier alpha value is -3.75. The van der Waals surface area contributed by atoms with Crippen LogP contribution in [-0.4, -0.2) is 45.0 Å². The monoisotopic (exact) mass is 377 g/mol. The van der Waals surface area contributed by atoms with Crippen molar-refractivity contribution in [3.05, 3.63) is 48.1 Å². The molecular weight excluding hydrogens is 358 g/mol. The van der Waals surface area contributed by atoms with Crippen LogP contribution >= 0.6 is 0 Å². The normalized spacial score (nSPS) is 14.0. The molecular formula is C19H19N7O2. The van der Waals surface area contributed by atoms with Gasteiger partial charge >= 0.3 is 0 Å². The van der Waals surface area contributed by atoms with Crippen LogP contribution in [0.3, 0.4) is 0 Å². The Labute approximate surface area is 160 Å². The first-order valence-corrected chi connectivity index (χ1v) is 8.89. The zero-order chi connectivity index (χ0) is 19.5. The van der Waals surface area contributed by atoms with E-state index in [1.54, 1.807) is 36.2 Å². The van der Waals surface area contributed by atoms with Crippen LogP contribution in [0.1, 0.15) is 18.4 Å². The fourth-order valence-corrected chi connectivity index (χ4v) is 2.82. The summed E-state index contributed by atoms with van der Waals surface area (Å²) in [6.45, 7) is 0. The Morgan fingerprint density at radius 2 is 2.18 bits per heavy atom. The molecule has 1 aliphatic carbocycles. The summed E-state index contributed by atoms with van der Waals surface area (Å²) in [7, 11) is 1.61. The summed E-state index contributed by atoms with van der Waals surface area (Å²) in [6, 6.07) is 6.17. The Morgan fingerprint density at radius 1 is 1.32 bits per heavy atom. The number of amides is 2. The van der Waals surface area contributed by atoms with Crippen molar-refractivity contribution in [2.24, 2.45) is 0 Å². The summed E-state index contributed by atoms with van der Waals surface area (Å²) >= 11 is 0. The molecule has 9 nitrogen and oxygen atoms in total. The molecule has 142 valence electrons. The predicted molar refractivity (Wildman–Crippen MR) is 104 cm³/mol. The second-order valence-electron chi connectivity index (χ2n) is 6.42. The number of fused-ring (bicyclic) bond motifs is 1. The van der Waals surface area contributed by atoms with Gasteiger partial charge in [-0.3, -0.25) is 19.9 Å². The molecule has 0 spiro atoms. The summed E-state index contributed by atoms with van der Waals surface area (Å²) in [5.41, 5.74) is 3.10. The lowest BCUT2D eigenvalue weighted by Crippen LogP contribution is -2.28. The molecule has 4 rings (SSSR count). The number of rotatable bonds is 7. The maximum absolute atomic E-state index is 12.0. The van der Waals surface area contributed by atoms with E-state index in [9.17, 15) is 9.59 Å². The third kappa shape index (κ3) is 3.54. The molecule has 3 aromatic rings. The first kappa shape index (κ1) is 17.7. The Morgan fingerprint density at radius 3 is 2.86 bits per heavy atom. The molecule has 0 bridgehead atoms. The number of imide groups is 1. The van der Waals surface area contributed by atoms with Crippen LogP contribution < -0.4 is 16.0 Å². The van der Waals surface area contributed by atoms with Crippen molar-refractivity contribution in [2.45, 2.75) is 18.9 Å². The van der Waals surface area contributed by atoms with Crippen molar-refractivity contribution in [3.8, 4) is 11.3 Å². The van der Waals surface area contributed by atoms with Crippen molar-refractivity contribution >= 4 is 29.9 Å². The summed E-state index contributed by atoms with van der Waals surface area (Å²) in [4.78, 5) is 31.5. The van der Waals surface area contributed by atoms with Gasteiger partial charge in [0, 0.05) is 42.7 Å². The molecule has 1 saturated carbocycles. The van der Waals surface area contributed by atoms with E-state index in [2.05, 4.69) is 26.0 Å². The molecule has 28 heavy (non-hydrogen) atoms. The second kappa shape index (κ2) is 7.47. The van der Waals surface area contributed by atoms with Crippen LogP contribution in [0.4, 0.5) is 5.82 Å². The lowest BCUT2D eigenvalue weighted by molar-refractivity contribution is -0.122. The van der Waals surface area contributed by atoms with Gasteiger partial charge in [0.15, 0.2) is 5.65 Å². The lowest BCUT2D eigenvalue weighted by atomic mass is 10.2. The van der Waals surface area contributed by atoms with Gasteiger partial charge in [-0.2, -0.15) is 9.61 Å². The Balaban J connectivity index is 1.84. The van der Waals surface area contributed by atoms with Crippen LogP contribution in [0.15, 0.2) is 42.5 Å². The molecule has 1 fully saturated rings. The van der Waals surface area contributed by atoms with E-state index in [0.717, 1.165) is 29.9 Å². The van der Waals surface area contributed by atoms with Gasteiger partial charge in [0.1, 0.15) is 11.5 Å². The smallest absolute Gasteiger partial charge is 0.273 e. The predicted octanol–water partition coefficient (Wildman–Crippen LogP) is 1.20. The fourth-order valence-electron chi connectivity index (χ4n) is 2.82. The number of aromatic nitrogens is 4. The largest absolute Gasteiger partial charge is 0.384 e. The molecule has 0 aliphatic heterocycles. The number of anilines is 1. The average Bonchev–Trinajstić information content (AvgIpc) is 3.44. The van der Waals surface area contributed by atoms with E-state index in [0.29, 0.717) is 23.7 Å². The van der Waals surface area contributed by atoms with Crippen molar-refractivity contribution in [1.29, 1.82) is 0 Å². The third-order valence-corrected chi connectivity index (χ3v) is 4.39. The number of pyridine rings is 1. The number of nitrogens with one attached hydrogen (secondary N) is 3. The zero-order valence-electron chi connectivity index (χ0n) is 15.2. The highest BCUT2D eigenvalue weighted by Gasteiger charge is 2.23. The molecule has 1 aliphatic rings. The highest BCUT2D eigenvalue weighted by molar-refractivity contribution is 6.02. The van der Waals surface area contributed by atoms with Gasteiger partial charge < -0.3 is 10.6 Å². The van der Waals surface area contributed by atoms with Crippen LogP contribution in [0, 0.1) is 0 Å². The molecule has 0 atom stereocenters. The first-order chi connectivity index (χ1) is 13.7. The van der Waals surface area contributed by atoms with Crippen LogP contribution in [0.25, 0.3) is 23.0 Å². The second-order valence-corrected chi connectivity index (χ2v) is 6.42. The van der Waals surface area contributed by atoms with Crippen LogP contribution in [-0.2, 0) is 9.59 Å². The minimum atomic E-state index is -0.531. The van der Waals surface area contributed by atoms with E-state index in [-0.39, 0.29) is 5.70 Å². The van der Waals surface area contributed by atoms with E-state index < -0.39 is 5.91 Å². The van der Waals surface area contributed by atoms with Crippen LogP contribution in [0.5, 0.6) is 0 Å². The molecule has 0 radical (unpaired) electrons. The molecule has 0 saturated heterocycles. The summed E-state index contributed by atoms with van der Waals surface area (Å²) in [6.07, 6.45) is 9.30. The van der Waals surface area contributed by atoms with Crippen molar-refractivity contribution in [1.82, 2.24) is 30.2 Å². The zero-order valence-corrected chi connectivity index (χ0v) is 15.2. The molecule has 3 N–H and O–H groups in total. The first-order valence-electron chi connectivity index (χ1n) is 8.89. The highest BCUT2D eigenvalue weighted by Crippen LogP contribution is 2.28. The Bertz CT molecular complexity index is 1050. The minimum Gasteiger partial charge on any atom is -0.384 e. The van der Waals surface area contributed by atoms with Crippen molar-refractivity contribution < 1.29 is 9.59 Å². The standard InChI is InChI=1S/C19H19N7O2/c1-20-16(19(28)22-11-27)7-13-10-23-26-17(24-14-4-5-14)8-15(25-18(13)26)12-3-2-6-21-9-12/h2-3,6-11,14,20,24H,4-5H2,1H3,(H,22,27,28)/b16-7-. The van der Waals surface area contributed by atoms with Crippen molar-refractivity contribution in [2.75, 3.05) is 12.4 Å². The Kier molecular flexibility index (Phi) is 4.71. The number of likely N-dealkylation sites (N-methyl/N-ethyl adjacent to an activating group) is 1. The molecule has 3 heterocycles. The third-order valence-electron chi connectivity index (χ3n) is 4.39. The average molecular weight is 377 g/mol. The minimum absolute atomic E-state index is 0.229. The van der Waals surface area contributed by atoms with Crippen LogP contribution in [0.2, 0.25) is 0 Å². The van der Waals surface area contributed by atoms with E-state index >= 15 is 0 Å². The number of carbonyl (C=O) groups excluding carboxylic acids is 2. The van der Waals surface area contributed by atoms with Gasteiger partial charge in [0.2, 0.25) is 6.41 Å². The highest BCUT2D eigenvalue weighted by atomic mass is 16.2. The topological polar surface area (TPSA) is 113 Å². The molecule has 3 aromatic heterocycles. The fraction of sp³-hybridized carbons (Fsp3) is 0.211. The van der Waals surface area contributed by atoms with E-state index in [4.69, 9.17) is 4.98 Å². The van der Waals surface area contributed by atoms with Gasteiger partial charge in [-0.25, -0.2) is 4.98 Å². The maximum atomic E-state index is 12.0. The lowest BCUT2D eigenvalue weighted by Gasteiger charge is -2.10. The molecule has 9 heteroatoms. The van der Waals surface area contributed by atoms with Gasteiger partial charge in [-0.15, -0.1) is 0 Å². The summed E-state index contributed by atoms with van der Waals surface area (Å²) in [5, 5.41) is 12.8. The van der Waals surface area contributed by atoms with Gasteiger partial charge in [0.25, 0.3) is 5.91 Å².